The summed E-state index contributed by atoms with van der Waals surface area (Å²) in [5.41, 5.74) is 9.20. The molecule has 2 aliphatic rings. The maximum Gasteiger partial charge on any atom is 0.200 e. The van der Waals surface area contributed by atoms with Crippen LogP contribution < -0.4 is 11.1 Å². The monoisotopic (exact) mass is 342 g/mol. The van der Waals surface area contributed by atoms with Gasteiger partial charge in [0.1, 0.15) is 17.5 Å². The number of ketones is 1. The molecule has 0 fully saturated rings. The van der Waals surface area contributed by atoms with Crippen LogP contribution >= 0.6 is 12.2 Å². The van der Waals surface area contributed by atoms with E-state index < -0.39 is 0 Å². The summed E-state index contributed by atoms with van der Waals surface area (Å²) < 4.78 is 13.6. The maximum absolute atomic E-state index is 13.3. The first-order chi connectivity index (χ1) is 11.5. The molecule has 122 valence electrons. The van der Waals surface area contributed by atoms with Crippen LogP contribution in [0.4, 0.5) is 16.0 Å². The number of carbonyl (C=O) groups excluding carboxylic acids is 1. The zero-order chi connectivity index (χ0) is 16.8. The highest BCUT2D eigenvalue weighted by Gasteiger charge is 2.37. The van der Waals surface area contributed by atoms with Gasteiger partial charge in [0.2, 0.25) is 0 Å². The van der Waals surface area contributed by atoms with Crippen molar-refractivity contribution >= 4 is 29.6 Å². The highest BCUT2D eigenvalue weighted by Crippen LogP contribution is 2.46. The third kappa shape index (κ3) is 2.32. The minimum absolute atomic E-state index is 0.0885. The molecule has 2 heterocycles. The van der Waals surface area contributed by atoms with Crippen LogP contribution in [0.1, 0.15) is 36.3 Å². The van der Waals surface area contributed by atoms with E-state index in [1.165, 1.54) is 12.1 Å². The molecular formula is C17H15FN4OS. The fourth-order valence-corrected chi connectivity index (χ4v) is 3.69. The Morgan fingerprint density at radius 3 is 2.75 bits per heavy atom. The number of nitrogens with two attached hydrogens (primary N) is 1. The number of halogens is 1. The number of nitrogens with zero attached hydrogens (tertiary/aromatic N) is 1. The molecule has 24 heavy (non-hydrogen) atoms. The molecule has 1 aliphatic heterocycles. The lowest BCUT2D eigenvalue weighted by molar-refractivity contribution is -0.116. The number of carbonyl (C=O) groups is 1. The zero-order valence-electron chi connectivity index (χ0n) is 12.7. The van der Waals surface area contributed by atoms with Crippen LogP contribution in [-0.4, -0.2) is 15.8 Å². The first-order valence-electron chi connectivity index (χ1n) is 7.73. The van der Waals surface area contributed by atoms with E-state index >= 15 is 0 Å². The minimum atomic E-state index is -0.371. The molecule has 1 unspecified atom stereocenters. The van der Waals surface area contributed by atoms with Gasteiger partial charge in [-0.05, 0) is 42.8 Å². The standard InChI is InChI=1S/C17H15FN4OS/c18-9-6-4-8(5-7-9)12-13-10(2-1-3-11(13)23)20-16-14(12)15(19)21-17(24)22-16/h4-7,12H,1-3H2,(H4,19,20,21,22,24). The summed E-state index contributed by atoms with van der Waals surface area (Å²) in [5, 5.41) is 3.23. The number of allylic oxidation sites excluding steroid dienone is 2. The Bertz CT molecular complexity index is 933. The minimum Gasteiger partial charge on any atom is -0.385 e. The van der Waals surface area contributed by atoms with E-state index in [9.17, 15) is 9.18 Å². The quantitative estimate of drug-likeness (QED) is 0.692. The van der Waals surface area contributed by atoms with E-state index in [1.54, 1.807) is 12.1 Å². The predicted octanol–water partition coefficient (Wildman–Crippen LogP) is 3.42. The van der Waals surface area contributed by atoms with E-state index in [0.717, 1.165) is 24.1 Å². The van der Waals surface area contributed by atoms with Gasteiger partial charge in [-0.1, -0.05) is 12.1 Å². The lowest BCUT2D eigenvalue weighted by atomic mass is 9.76. The molecule has 1 aromatic heterocycles. The summed E-state index contributed by atoms with van der Waals surface area (Å²) in [6.07, 6.45) is 2.07. The molecule has 0 bridgehead atoms. The summed E-state index contributed by atoms with van der Waals surface area (Å²) in [4.78, 5) is 19.8. The number of fused-ring (bicyclic) bond motifs is 1. The molecule has 0 amide bonds. The van der Waals surface area contributed by atoms with Crippen molar-refractivity contribution < 1.29 is 9.18 Å². The summed E-state index contributed by atoms with van der Waals surface area (Å²) in [5.74, 6) is 0.334. The first-order valence-corrected chi connectivity index (χ1v) is 8.14. The van der Waals surface area contributed by atoms with Gasteiger partial charge >= 0.3 is 0 Å². The Kier molecular flexibility index (Phi) is 3.45. The Morgan fingerprint density at radius 1 is 1.25 bits per heavy atom. The second-order valence-corrected chi connectivity index (χ2v) is 6.38. The van der Waals surface area contributed by atoms with Gasteiger partial charge in [-0.15, -0.1) is 0 Å². The molecule has 0 spiro atoms. The predicted molar refractivity (Wildman–Crippen MR) is 91.6 cm³/mol. The van der Waals surface area contributed by atoms with Crippen LogP contribution in [0.15, 0.2) is 35.5 Å². The van der Waals surface area contributed by atoms with Crippen molar-refractivity contribution in [2.45, 2.75) is 25.2 Å². The van der Waals surface area contributed by atoms with E-state index in [4.69, 9.17) is 18.0 Å². The maximum atomic E-state index is 13.3. The van der Waals surface area contributed by atoms with Crippen LogP contribution in [0, 0.1) is 10.6 Å². The molecule has 7 heteroatoms. The second-order valence-electron chi connectivity index (χ2n) is 6.00. The first kappa shape index (κ1) is 15.0. The van der Waals surface area contributed by atoms with E-state index in [1.807, 2.05) is 0 Å². The van der Waals surface area contributed by atoms with E-state index in [-0.39, 0.29) is 22.3 Å². The summed E-state index contributed by atoms with van der Waals surface area (Å²) in [6, 6.07) is 6.14. The van der Waals surface area contributed by atoms with E-state index in [2.05, 4.69) is 15.3 Å². The van der Waals surface area contributed by atoms with Crippen molar-refractivity contribution in [1.29, 1.82) is 0 Å². The lowest BCUT2D eigenvalue weighted by Gasteiger charge is -2.33. The zero-order valence-corrected chi connectivity index (χ0v) is 13.5. The van der Waals surface area contributed by atoms with Gasteiger partial charge < -0.3 is 16.0 Å². The number of Topliss-reactive ketones (excluding diaryl/α,β-unsaturated/α-hetero) is 1. The van der Waals surface area contributed by atoms with Gasteiger partial charge in [0.05, 0.1) is 0 Å². The molecule has 0 saturated heterocycles. The van der Waals surface area contributed by atoms with Gasteiger partial charge in [-0.2, -0.15) is 0 Å². The fourth-order valence-electron chi connectivity index (χ4n) is 3.49. The smallest absolute Gasteiger partial charge is 0.200 e. The van der Waals surface area contributed by atoms with Crippen molar-refractivity contribution in [3.05, 3.63) is 57.3 Å². The molecule has 4 rings (SSSR count). The van der Waals surface area contributed by atoms with Gasteiger partial charge in [-0.3, -0.25) is 4.79 Å². The summed E-state index contributed by atoms with van der Waals surface area (Å²) in [7, 11) is 0. The largest absolute Gasteiger partial charge is 0.385 e. The normalized spacial score (nSPS) is 19.5. The Morgan fingerprint density at radius 2 is 2.00 bits per heavy atom. The summed E-state index contributed by atoms with van der Waals surface area (Å²) >= 11 is 5.11. The topological polar surface area (TPSA) is 83.8 Å². The lowest BCUT2D eigenvalue weighted by Crippen LogP contribution is -2.28. The highest BCUT2D eigenvalue weighted by molar-refractivity contribution is 7.71. The van der Waals surface area contributed by atoms with Crippen molar-refractivity contribution in [3.63, 3.8) is 0 Å². The molecule has 5 nitrogen and oxygen atoms in total. The van der Waals surface area contributed by atoms with Crippen molar-refractivity contribution in [2.24, 2.45) is 0 Å². The molecular weight excluding hydrogens is 327 g/mol. The molecule has 1 atom stereocenters. The summed E-state index contributed by atoms with van der Waals surface area (Å²) in [6.45, 7) is 0. The average molecular weight is 342 g/mol. The molecule has 1 aromatic carbocycles. The number of hydrogen-bond acceptors (Lipinski definition) is 5. The SMILES string of the molecule is Nc1[nH]c(=S)nc2c1C(c1ccc(F)cc1)C1=C(CCCC1=O)N2. The van der Waals surface area contributed by atoms with Crippen LogP contribution in [-0.2, 0) is 4.79 Å². The Balaban J connectivity index is 1.99. The van der Waals surface area contributed by atoms with Gasteiger partial charge in [0.25, 0.3) is 0 Å². The van der Waals surface area contributed by atoms with Gasteiger partial charge in [0.15, 0.2) is 10.6 Å². The van der Waals surface area contributed by atoms with E-state index in [0.29, 0.717) is 29.2 Å². The van der Waals surface area contributed by atoms with Crippen molar-refractivity contribution in [2.75, 3.05) is 11.1 Å². The number of nitrogen functional groups attached to an aromatic ring is 1. The average Bonchev–Trinajstić information content (AvgIpc) is 2.54. The van der Waals surface area contributed by atoms with Crippen molar-refractivity contribution in [3.8, 4) is 0 Å². The molecule has 0 saturated carbocycles. The molecule has 0 radical (unpaired) electrons. The molecule has 1 aliphatic carbocycles. The number of benzene rings is 1. The third-order valence-corrected chi connectivity index (χ3v) is 4.70. The number of aromatic nitrogens is 2. The molecule has 2 aromatic rings. The number of H-pyrrole nitrogens is 1. The van der Waals surface area contributed by atoms with Crippen LogP contribution in [0.2, 0.25) is 0 Å². The van der Waals surface area contributed by atoms with Gasteiger partial charge in [-0.25, -0.2) is 9.37 Å². The highest BCUT2D eigenvalue weighted by atomic mass is 32.1. The molecule has 4 N–H and O–H groups in total. The van der Waals surface area contributed by atoms with Gasteiger partial charge in [0, 0.05) is 29.2 Å². The number of anilines is 2. The third-order valence-electron chi connectivity index (χ3n) is 4.51. The number of rotatable bonds is 1. The fraction of sp³-hybridized carbons (Fsp3) is 0.235. The van der Waals surface area contributed by atoms with Crippen molar-refractivity contribution in [1.82, 2.24) is 9.97 Å². The Hall–Kier alpha value is -2.54. The number of nitrogens with one attached hydrogen (secondary N) is 2. The van der Waals surface area contributed by atoms with Crippen LogP contribution in [0.5, 0.6) is 0 Å². The second kappa shape index (κ2) is 5.52. The number of aromatic amines is 1. The number of hydrogen-bond donors (Lipinski definition) is 3. The van der Waals surface area contributed by atoms with Crippen LogP contribution in [0.25, 0.3) is 0 Å². The van der Waals surface area contributed by atoms with Crippen LogP contribution in [0.3, 0.4) is 0 Å². The Labute approximate surface area is 142 Å².